The number of carbonyl (C=O) groups excluding carboxylic acids is 1. The predicted molar refractivity (Wildman–Crippen MR) is 55.1 cm³/mol. The molecule has 1 rings (SSSR count). The third-order valence-electron chi connectivity index (χ3n) is 2.17. The molecule has 1 atom stereocenters. The summed E-state index contributed by atoms with van der Waals surface area (Å²) in [7, 11) is 0. The predicted octanol–water partition coefficient (Wildman–Crippen LogP) is 1.87. The normalized spacial score (nSPS) is 11.8. The van der Waals surface area contributed by atoms with Crippen molar-refractivity contribution in [3.63, 3.8) is 0 Å². The van der Waals surface area contributed by atoms with Gasteiger partial charge in [0, 0.05) is 6.20 Å². The van der Waals surface area contributed by atoms with E-state index in [2.05, 4.69) is 0 Å². The van der Waals surface area contributed by atoms with Crippen LogP contribution in [0.4, 0.5) is 0 Å². The van der Waals surface area contributed by atoms with Crippen LogP contribution in [-0.2, 0) is 9.53 Å². The summed E-state index contributed by atoms with van der Waals surface area (Å²) >= 11 is 0. The van der Waals surface area contributed by atoms with Gasteiger partial charge in [0.2, 0.25) is 0 Å². The average Bonchev–Trinajstić information content (AvgIpc) is 2.67. The van der Waals surface area contributed by atoms with Gasteiger partial charge in [0.1, 0.15) is 17.8 Å². The van der Waals surface area contributed by atoms with E-state index in [1.54, 1.807) is 29.8 Å². The first-order valence-electron chi connectivity index (χ1n) is 4.98. The van der Waals surface area contributed by atoms with Gasteiger partial charge in [-0.1, -0.05) is 6.92 Å². The van der Waals surface area contributed by atoms with Crippen molar-refractivity contribution in [3.05, 3.63) is 24.0 Å². The number of hydrogen-bond acceptors (Lipinski definition) is 3. The smallest absolute Gasteiger partial charge is 0.329 e. The first kappa shape index (κ1) is 11.3. The summed E-state index contributed by atoms with van der Waals surface area (Å²) in [5.74, 6) is -0.285. The third kappa shape index (κ3) is 2.38. The summed E-state index contributed by atoms with van der Waals surface area (Å²) in [6.45, 7) is 4.02. The van der Waals surface area contributed by atoms with Crippen molar-refractivity contribution in [1.82, 2.24) is 4.57 Å². The molecule has 0 radical (unpaired) electrons. The fraction of sp³-hybridized carbons (Fsp3) is 0.455. The van der Waals surface area contributed by atoms with E-state index in [0.29, 0.717) is 18.7 Å². The van der Waals surface area contributed by atoms with Gasteiger partial charge in [-0.25, -0.2) is 4.79 Å². The van der Waals surface area contributed by atoms with E-state index in [1.807, 2.05) is 13.0 Å². The Labute approximate surface area is 89.1 Å². The molecule has 15 heavy (non-hydrogen) atoms. The largest absolute Gasteiger partial charge is 0.464 e. The highest BCUT2D eigenvalue weighted by Crippen LogP contribution is 2.16. The number of aromatic nitrogens is 1. The lowest BCUT2D eigenvalue weighted by Gasteiger charge is -2.16. The minimum atomic E-state index is -0.394. The quantitative estimate of drug-likeness (QED) is 0.707. The van der Waals surface area contributed by atoms with Crippen molar-refractivity contribution in [2.24, 2.45) is 0 Å². The minimum Gasteiger partial charge on any atom is -0.464 e. The van der Waals surface area contributed by atoms with Gasteiger partial charge in [-0.15, -0.1) is 0 Å². The lowest BCUT2D eigenvalue weighted by Crippen LogP contribution is -2.21. The Kier molecular flexibility index (Phi) is 3.92. The van der Waals surface area contributed by atoms with Gasteiger partial charge in [0.05, 0.1) is 6.61 Å². The van der Waals surface area contributed by atoms with Crippen LogP contribution < -0.4 is 0 Å². The summed E-state index contributed by atoms with van der Waals surface area (Å²) in [5.41, 5.74) is 0.481. The van der Waals surface area contributed by atoms with Crippen LogP contribution in [0.1, 0.15) is 32.0 Å². The zero-order valence-electron chi connectivity index (χ0n) is 8.93. The lowest BCUT2D eigenvalue weighted by atomic mass is 10.2. The number of nitrogens with zero attached hydrogens (tertiary/aromatic N) is 2. The first-order chi connectivity index (χ1) is 7.24. The van der Waals surface area contributed by atoms with Gasteiger partial charge in [-0.2, -0.15) is 5.26 Å². The van der Waals surface area contributed by atoms with Gasteiger partial charge >= 0.3 is 5.97 Å². The molecule has 0 spiro atoms. The highest BCUT2D eigenvalue weighted by molar-refractivity contribution is 5.74. The van der Waals surface area contributed by atoms with E-state index in [1.165, 1.54) is 0 Å². The van der Waals surface area contributed by atoms with E-state index in [-0.39, 0.29) is 5.97 Å². The molecule has 0 fully saturated rings. The van der Waals surface area contributed by atoms with Crippen LogP contribution in [0.5, 0.6) is 0 Å². The Hall–Kier alpha value is -1.76. The van der Waals surface area contributed by atoms with Crippen LogP contribution in [0, 0.1) is 11.3 Å². The molecular formula is C11H14N2O2. The van der Waals surface area contributed by atoms with Crippen LogP contribution in [0.25, 0.3) is 0 Å². The molecule has 0 saturated carbocycles. The fourth-order valence-electron chi connectivity index (χ4n) is 1.48. The molecule has 0 amide bonds. The van der Waals surface area contributed by atoms with Gasteiger partial charge in [0.15, 0.2) is 0 Å². The maximum atomic E-state index is 11.6. The second kappa shape index (κ2) is 5.20. The second-order valence-corrected chi connectivity index (χ2v) is 3.09. The Morgan fingerprint density at radius 1 is 1.67 bits per heavy atom. The molecule has 4 heteroatoms. The summed E-state index contributed by atoms with van der Waals surface area (Å²) in [5, 5.41) is 8.84. The molecule has 0 aromatic carbocycles. The van der Waals surface area contributed by atoms with Crippen LogP contribution in [0.3, 0.4) is 0 Å². The molecule has 0 N–H and O–H groups in total. The average molecular weight is 206 g/mol. The molecule has 1 aromatic heterocycles. The summed E-state index contributed by atoms with van der Waals surface area (Å²) < 4.78 is 6.60. The van der Waals surface area contributed by atoms with Crippen LogP contribution in [0.2, 0.25) is 0 Å². The summed E-state index contributed by atoms with van der Waals surface area (Å²) in [6.07, 6.45) is 2.34. The van der Waals surface area contributed by atoms with Crippen molar-refractivity contribution in [2.45, 2.75) is 26.3 Å². The van der Waals surface area contributed by atoms with Gasteiger partial charge < -0.3 is 9.30 Å². The minimum absolute atomic E-state index is 0.285. The Morgan fingerprint density at radius 2 is 2.40 bits per heavy atom. The van der Waals surface area contributed by atoms with Gasteiger partial charge in [-0.3, -0.25) is 0 Å². The zero-order valence-corrected chi connectivity index (χ0v) is 8.93. The van der Waals surface area contributed by atoms with Crippen molar-refractivity contribution in [2.75, 3.05) is 6.61 Å². The Bertz CT molecular complexity index is 376. The number of nitriles is 1. The number of hydrogen-bond donors (Lipinski definition) is 0. The van der Waals surface area contributed by atoms with Crippen molar-refractivity contribution >= 4 is 5.97 Å². The lowest BCUT2D eigenvalue weighted by molar-refractivity contribution is -0.147. The molecule has 80 valence electrons. The number of esters is 1. The molecule has 1 unspecified atom stereocenters. The van der Waals surface area contributed by atoms with Crippen LogP contribution in [-0.4, -0.2) is 17.1 Å². The van der Waals surface area contributed by atoms with Crippen molar-refractivity contribution < 1.29 is 9.53 Å². The number of carbonyl (C=O) groups is 1. The third-order valence-corrected chi connectivity index (χ3v) is 2.17. The molecule has 1 heterocycles. The highest BCUT2D eigenvalue weighted by atomic mass is 16.5. The molecule has 4 nitrogen and oxygen atoms in total. The fourth-order valence-corrected chi connectivity index (χ4v) is 1.48. The SMILES string of the molecule is CCOC(=O)C(CC)n1cccc1C#N. The van der Waals surface area contributed by atoms with Gasteiger partial charge in [0.25, 0.3) is 0 Å². The topological polar surface area (TPSA) is 55.0 Å². The van der Waals surface area contributed by atoms with Crippen molar-refractivity contribution in [1.29, 1.82) is 5.26 Å². The standard InChI is InChI=1S/C11H14N2O2/c1-3-10(11(14)15-4-2)13-7-5-6-9(13)8-12/h5-7,10H,3-4H2,1-2H3. The Morgan fingerprint density at radius 3 is 2.93 bits per heavy atom. The molecule has 0 aliphatic rings. The molecule has 1 aromatic rings. The number of rotatable bonds is 4. The molecular weight excluding hydrogens is 192 g/mol. The molecule has 0 aliphatic heterocycles. The van der Waals surface area contributed by atoms with Gasteiger partial charge in [-0.05, 0) is 25.5 Å². The molecule has 0 aliphatic carbocycles. The van der Waals surface area contributed by atoms with Crippen LogP contribution in [0.15, 0.2) is 18.3 Å². The second-order valence-electron chi connectivity index (χ2n) is 3.09. The maximum Gasteiger partial charge on any atom is 0.329 e. The summed E-state index contributed by atoms with van der Waals surface area (Å²) in [6, 6.07) is 5.08. The first-order valence-corrected chi connectivity index (χ1v) is 4.98. The summed E-state index contributed by atoms with van der Waals surface area (Å²) in [4.78, 5) is 11.6. The van der Waals surface area contributed by atoms with E-state index < -0.39 is 6.04 Å². The maximum absolute atomic E-state index is 11.6. The van der Waals surface area contributed by atoms with Crippen LogP contribution >= 0.6 is 0 Å². The molecule has 0 saturated heterocycles. The zero-order chi connectivity index (χ0) is 11.3. The number of ether oxygens (including phenoxy) is 1. The Balaban J connectivity index is 2.93. The van der Waals surface area contributed by atoms with E-state index in [4.69, 9.17) is 10.00 Å². The molecule has 0 bridgehead atoms. The van der Waals surface area contributed by atoms with E-state index in [0.717, 1.165) is 0 Å². The van der Waals surface area contributed by atoms with E-state index >= 15 is 0 Å². The monoisotopic (exact) mass is 206 g/mol. The van der Waals surface area contributed by atoms with Crippen molar-refractivity contribution in [3.8, 4) is 6.07 Å². The van der Waals surface area contributed by atoms with E-state index in [9.17, 15) is 4.79 Å². The highest BCUT2D eigenvalue weighted by Gasteiger charge is 2.20.